The van der Waals surface area contributed by atoms with E-state index in [1.165, 1.54) is 31.2 Å². The number of aromatic nitrogens is 1. The molecule has 0 saturated heterocycles. The lowest BCUT2D eigenvalue weighted by atomic mass is 9.70. The second-order valence-corrected chi connectivity index (χ2v) is 7.39. The minimum absolute atomic E-state index is 0.186. The molecule has 0 amide bonds. The summed E-state index contributed by atoms with van der Waals surface area (Å²) >= 11 is 0. The van der Waals surface area contributed by atoms with E-state index in [0.717, 1.165) is 5.75 Å². The molecule has 0 aliphatic heterocycles. The molecule has 3 nitrogen and oxygen atoms in total. The molecule has 1 fully saturated rings. The zero-order chi connectivity index (χ0) is 15.5. The van der Waals surface area contributed by atoms with E-state index >= 15 is 0 Å². The molecule has 118 valence electrons. The lowest BCUT2D eigenvalue weighted by Gasteiger charge is -2.38. The Kier molecular flexibility index (Phi) is 5.26. The van der Waals surface area contributed by atoms with Gasteiger partial charge in [0.2, 0.25) is 0 Å². The Morgan fingerprint density at radius 1 is 1.24 bits per heavy atom. The van der Waals surface area contributed by atoms with Crippen LogP contribution in [0.2, 0.25) is 0 Å². The molecule has 1 aliphatic rings. The maximum Gasteiger partial charge on any atom is 0.138 e. The fourth-order valence-corrected chi connectivity index (χ4v) is 3.37. The number of ether oxygens (including phenoxy) is 1. The van der Waals surface area contributed by atoms with Crippen molar-refractivity contribution in [1.29, 1.82) is 0 Å². The standard InChI is InChI=1S/C18H30N2O/c1-13(2)21-16-10-15(11-20-12-16)17(19-5)14-6-8-18(3,4)9-7-14/h10-14,17,19H,6-9H2,1-5H3. The van der Waals surface area contributed by atoms with E-state index in [4.69, 9.17) is 4.74 Å². The van der Waals surface area contributed by atoms with Crippen LogP contribution in [0.5, 0.6) is 5.75 Å². The lowest BCUT2D eigenvalue weighted by Crippen LogP contribution is -2.31. The molecule has 1 aliphatic carbocycles. The van der Waals surface area contributed by atoms with Crippen LogP contribution in [-0.4, -0.2) is 18.1 Å². The summed E-state index contributed by atoms with van der Waals surface area (Å²) in [6, 6.07) is 2.53. The molecule has 1 heterocycles. The topological polar surface area (TPSA) is 34.2 Å². The van der Waals surface area contributed by atoms with E-state index in [2.05, 4.69) is 37.3 Å². The van der Waals surface area contributed by atoms with Gasteiger partial charge in [-0.2, -0.15) is 0 Å². The van der Waals surface area contributed by atoms with Crippen LogP contribution in [0.15, 0.2) is 18.5 Å². The number of nitrogens with one attached hydrogen (secondary N) is 1. The molecule has 0 bridgehead atoms. The second kappa shape index (κ2) is 6.78. The Bertz CT molecular complexity index is 446. The highest BCUT2D eigenvalue weighted by Crippen LogP contribution is 2.42. The SMILES string of the molecule is CNC(c1cncc(OC(C)C)c1)C1CCC(C)(C)CC1. The summed E-state index contributed by atoms with van der Waals surface area (Å²) in [5.41, 5.74) is 1.76. The minimum Gasteiger partial charge on any atom is -0.489 e. The zero-order valence-electron chi connectivity index (χ0n) is 14.1. The fraction of sp³-hybridized carbons (Fsp3) is 0.722. The first-order valence-electron chi connectivity index (χ1n) is 8.20. The lowest BCUT2D eigenvalue weighted by molar-refractivity contribution is 0.164. The number of nitrogens with zero attached hydrogens (tertiary/aromatic N) is 1. The average Bonchev–Trinajstić information content (AvgIpc) is 2.41. The molecule has 0 spiro atoms. The Labute approximate surface area is 129 Å². The molecule has 1 saturated carbocycles. The highest BCUT2D eigenvalue weighted by atomic mass is 16.5. The smallest absolute Gasteiger partial charge is 0.138 e. The van der Waals surface area contributed by atoms with E-state index in [9.17, 15) is 0 Å². The van der Waals surface area contributed by atoms with Crippen molar-refractivity contribution >= 4 is 0 Å². The first-order chi connectivity index (χ1) is 9.91. The van der Waals surface area contributed by atoms with Crippen LogP contribution in [0.3, 0.4) is 0 Å². The van der Waals surface area contributed by atoms with Crippen LogP contribution in [0.4, 0.5) is 0 Å². The quantitative estimate of drug-likeness (QED) is 0.875. The summed E-state index contributed by atoms with van der Waals surface area (Å²) < 4.78 is 5.78. The van der Waals surface area contributed by atoms with Crippen LogP contribution < -0.4 is 10.1 Å². The van der Waals surface area contributed by atoms with Gasteiger partial charge in [0.05, 0.1) is 12.3 Å². The van der Waals surface area contributed by atoms with Gasteiger partial charge < -0.3 is 10.1 Å². The van der Waals surface area contributed by atoms with Crippen molar-refractivity contribution < 1.29 is 4.74 Å². The molecular weight excluding hydrogens is 260 g/mol. The van der Waals surface area contributed by atoms with Crippen LogP contribution in [0.1, 0.15) is 65.0 Å². The maximum atomic E-state index is 5.78. The van der Waals surface area contributed by atoms with Crippen LogP contribution >= 0.6 is 0 Å². The van der Waals surface area contributed by atoms with Gasteiger partial charge in [-0.25, -0.2) is 0 Å². The first kappa shape index (κ1) is 16.3. The van der Waals surface area contributed by atoms with Gasteiger partial charge in [0.15, 0.2) is 0 Å². The average molecular weight is 290 g/mol. The van der Waals surface area contributed by atoms with Gasteiger partial charge in [0.1, 0.15) is 5.75 Å². The zero-order valence-corrected chi connectivity index (χ0v) is 14.1. The first-order valence-corrected chi connectivity index (χ1v) is 8.20. The van der Waals surface area contributed by atoms with E-state index in [0.29, 0.717) is 17.4 Å². The van der Waals surface area contributed by atoms with E-state index in [1.807, 2.05) is 20.0 Å². The summed E-state index contributed by atoms with van der Waals surface area (Å²) in [6.45, 7) is 8.86. The van der Waals surface area contributed by atoms with E-state index < -0.39 is 0 Å². The van der Waals surface area contributed by atoms with E-state index in [-0.39, 0.29) is 6.10 Å². The summed E-state index contributed by atoms with van der Waals surface area (Å²) in [5, 5.41) is 3.50. The van der Waals surface area contributed by atoms with Gasteiger partial charge in [0.25, 0.3) is 0 Å². The summed E-state index contributed by atoms with van der Waals surface area (Å²) in [5.74, 6) is 1.57. The predicted molar refractivity (Wildman–Crippen MR) is 87.5 cm³/mol. The third-order valence-electron chi connectivity index (χ3n) is 4.63. The second-order valence-electron chi connectivity index (χ2n) is 7.39. The summed E-state index contributed by atoms with van der Waals surface area (Å²) in [6.07, 6.45) is 9.16. The Morgan fingerprint density at radius 2 is 1.90 bits per heavy atom. The number of hydrogen-bond acceptors (Lipinski definition) is 3. The van der Waals surface area contributed by atoms with Crippen LogP contribution in [0, 0.1) is 11.3 Å². The Morgan fingerprint density at radius 3 is 2.48 bits per heavy atom. The fourth-order valence-electron chi connectivity index (χ4n) is 3.37. The van der Waals surface area contributed by atoms with Crippen LogP contribution in [0.25, 0.3) is 0 Å². The number of pyridine rings is 1. The number of rotatable bonds is 5. The molecule has 1 atom stereocenters. The Balaban J connectivity index is 2.10. The van der Waals surface area contributed by atoms with Crippen molar-refractivity contribution in [3.05, 3.63) is 24.0 Å². The third-order valence-corrected chi connectivity index (χ3v) is 4.63. The highest BCUT2D eigenvalue weighted by Gasteiger charge is 2.31. The van der Waals surface area contributed by atoms with Gasteiger partial charge in [-0.05, 0) is 69.5 Å². The molecule has 0 radical (unpaired) electrons. The molecule has 21 heavy (non-hydrogen) atoms. The molecule has 1 unspecified atom stereocenters. The van der Waals surface area contributed by atoms with Gasteiger partial charge in [0, 0.05) is 12.2 Å². The molecule has 1 N–H and O–H groups in total. The van der Waals surface area contributed by atoms with Crippen molar-refractivity contribution in [2.75, 3.05) is 7.05 Å². The number of hydrogen-bond donors (Lipinski definition) is 1. The molecule has 2 rings (SSSR count). The van der Waals surface area contributed by atoms with Crippen molar-refractivity contribution in [1.82, 2.24) is 10.3 Å². The van der Waals surface area contributed by atoms with Crippen molar-refractivity contribution in [2.45, 2.75) is 65.5 Å². The summed E-state index contributed by atoms with van der Waals surface area (Å²) in [4.78, 5) is 4.36. The molecule has 3 heteroatoms. The summed E-state index contributed by atoms with van der Waals surface area (Å²) in [7, 11) is 2.06. The monoisotopic (exact) mass is 290 g/mol. The molecule has 1 aromatic rings. The van der Waals surface area contributed by atoms with Gasteiger partial charge >= 0.3 is 0 Å². The third kappa shape index (κ3) is 4.44. The van der Waals surface area contributed by atoms with Crippen molar-refractivity contribution in [3.63, 3.8) is 0 Å². The molecule has 1 aromatic heterocycles. The molecular formula is C18H30N2O. The normalized spacial score (nSPS) is 20.5. The van der Waals surface area contributed by atoms with Gasteiger partial charge in [-0.1, -0.05) is 13.8 Å². The molecule has 0 aromatic carbocycles. The van der Waals surface area contributed by atoms with Crippen LogP contribution in [-0.2, 0) is 0 Å². The van der Waals surface area contributed by atoms with Gasteiger partial charge in [-0.15, -0.1) is 0 Å². The largest absolute Gasteiger partial charge is 0.489 e. The van der Waals surface area contributed by atoms with Crippen molar-refractivity contribution in [2.24, 2.45) is 11.3 Å². The van der Waals surface area contributed by atoms with Gasteiger partial charge in [-0.3, -0.25) is 4.98 Å². The maximum absolute atomic E-state index is 5.78. The van der Waals surface area contributed by atoms with Crippen molar-refractivity contribution in [3.8, 4) is 5.75 Å². The highest BCUT2D eigenvalue weighted by molar-refractivity contribution is 5.26. The minimum atomic E-state index is 0.186. The Hall–Kier alpha value is -1.09. The van der Waals surface area contributed by atoms with E-state index in [1.54, 1.807) is 6.20 Å². The predicted octanol–water partition coefficient (Wildman–Crippen LogP) is 4.35.